The summed E-state index contributed by atoms with van der Waals surface area (Å²) in [7, 11) is -4.15. The lowest BCUT2D eigenvalue weighted by atomic mass is 10.1. The summed E-state index contributed by atoms with van der Waals surface area (Å²) >= 11 is 0. The standard InChI is InChI=1S/C13H10O3S.C3H6O2/c14-17(15,16)13-7-3-6-11-10-5-2-1-4-9(10)8-12(11)13;1-2-3(4)5/h1-7H,8H2,(H,14,15,16);2H2,1H3,(H,4,5). The van der Waals surface area contributed by atoms with E-state index >= 15 is 0 Å². The van der Waals surface area contributed by atoms with E-state index in [2.05, 4.69) is 0 Å². The molecule has 0 fully saturated rings. The Balaban J connectivity index is 0.000000309. The Kier molecular flexibility index (Phi) is 4.63. The van der Waals surface area contributed by atoms with Gasteiger partial charge in [0.25, 0.3) is 10.1 Å². The Morgan fingerprint density at radius 2 is 1.68 bits per heavy atom. The van der Waals surface area contributed by atoms with Crippen LogP contribution in [0, 0.1) is 0 Å². The molecule has 2 aromatic rings. The monoisotopic (exact) mass is 320 g/mol. The average molecular weight is 320 g/mol. The van der Waals surface area contributed by atoms with E-state index < -0.39 is 16.1 Å². The van der Waals surface area contributed by atoms with Crippen molar-refractivity contribution in [1.29, 1.82) is 0 Å². The third kappa shape index (κ3) is 3.35. The summed E-state index contributed by atoms with van der Waals surface area (Å²) in [5.74, 6) is -0.745. The number of fused-ring (bicyclic) bond motifs is 3. The van der Waals surface area contributed by atoms with E-state index in [4.69, 9.17) is 5.11 Å². The predicted molar refractivity (Wildman–Crippen MR) is 82.4 cm³/mol. The highest BCUT2D eigenvalue weighted by Crippen LogP contribution is 2.39. The molecule has 1 aliphatic rings. The lowest BCUT2D eigenvalue weighted by Crippen LogP contribution is -2.02. The summed E-state index contributed by atoms with van der Waals surface area (Å²) in [6.07, 6.45) is 0.779. The first-order chi connectivity index (χ1) is 10.3. The van der Waals surface area contributed by atoms with Gasteiger partial charge in [-0.15, -0.1) is 0 Å². The van der Waals surface area contributed by atoms with Crippen molar-refractivity contribution in [1.82, 2.24) is 0 Å². The summed E-state index contributed by atoms with van der Waals surface area (Å²) in [6, 6.07) is 12.8. The highest BCUT2D eigenvalue weighted by atomic mass is 32.2. The average Bonchev–Trinajstić information content (AvgIpc) is 2.85. The highest BCUT2D eigenvalue weighted by molar-refractivity contribution is 7.85. The molecule has 5 nitrogen and oxygen atoms in total. The van der Waals surface area contributed by atoms with E-state index in [1.54, 1.807) is 13.0 Å². The van der Waals surface area contributed by atoms with Crippen molar-refractivity contribution in [2.24, 2.45) is 0 Å². The molecule has 0 atom stereocenters. The van der Waals surface area contributed by atoms with Crippen LogP contribution >= 0.6 is 0 Å². The smallest absolute Gasteiger partial charge is 0.303 e. The minimum absolute atomic E-state index is 0.0196. The second kappa shape index (κ2) is 6.29. The molecule has 22 heavy (non-hydrogen) atoms. The number of carboxylic acid groups (broad SMARTS) is 1. The highest BCUT2D eigenvalue weighted by Gasteiger charge is 2.25. The molecule has 0 heterocycles. The summed E-state index contributed by atoms with van der Waals surface area (Å²) in [5.41, 5.74) is 3.73. The van der Waals surface area contributed by atoms with Crippen molar-refractivity contribution in [3.8, 4) is 11.1 Å². The van der Waals surface area contributed by atoms with Gasteiger partial charge in [0.15, 0.2) is 0 Å². The topological polar surface area (TPSA) is 91.7 Å². The van der Waals surface area contributed by atoms with Crippen molar-refractivity contribution in [3.05, 3.63) is 53.6 Å². The number of aliphatic carboxylic acids is 1. The van der Waals surface area contributed by atoms with E-state index in [1.807, 2.05) is 30.3 Å². The molecule has 6 heteroatoms. The second-order valence-corrected chi connectivity index (χ2v) is 6.23. The fraction of sp³-hybridized carbons (Fsp3) is 0.188. The zero-order valence-electron chi connectivity index (χ0n) is 12.0. The molecular weight excluding hydrogens is 304 g/mol. The second-order valence-electron chi connectivity index (χ2n) is 4.84. The number of benzene rings is 2. The van der Waals surface area contributed by atoms with E-state index in [-0.39, 0.29) is 11.3 Å². The molecular formula is C16H16O5S. The Bertz CT molecular complexity index is 809. The van der Waals surface area contributed by atoms with Crippen LogP contribution in [0.1, 0.15) is 24.5 Å². The van der Waals surface area contributed by atoms with Gasteiger partial charge in [0.05, 0.1) is 4.90 Å². The van der Waals surface area contributed by atoms with Crippen molar-refractivity contribution in [3.63, 3.8) is 0 Å². The van der Waals surface area contributed by atoms with Gasteiger partial charge < -0.3 is 5.11 Å². The molecule has 2 N–H and O–H groups in total. The molecule has 0 bridgehead atoms. The van der Waals surface area contributed by atoms with Crippen LogP contribution in [0.3, 0.4) is 0 Å². The lowest BCUT2D eigenvalue weighted by Gasteiger charge is -2.04. The van der Waals surface area contributed by atoms with Gasteiger partial charge in [0, 0.05) is 12.8 Å². The first-order valence-corrected chi connectivity index (χ1v) is 8.18. The van der Waals surface area contributed by atoms with Crippen LogP contribution in [-0.2, 0) is 21.3 Å². The molecule has 0 spiro atoms. The van der Waals surface area contributed by atoms with Crippen LogP contribution in [0.5, 0.6) is 0 Å². The first kappa shape index (κ1) is 16.2. The van der Waals surface area contributed by atoms with Crippen LogP contribution in [0.4, 0.5) is 0 Å². The first-order valence-electron chi connectivity index (χ1n) is 6.74. The van der Waals surface area contributed by atoms with Gasteiger partial charge in [-0.2, -0.15) is 8.42 Å². The number of rotatable bonds is 2. The molecule has 0 saturated carbocycles. The minimum Gasteiger partial charge on any atom is -0.481 e. The van der Waals surface area contributed by atoms with E-state index in [1.165, 1.54) is 6.07 Å². The quantitative estimate of drug-likeness (QED) is 0.708. The SMILES string of the molecule is CCC(=O)O.O=S(=O)(O)c1cccc2c1Cc1ccccc1-2. The Morgan fingerprint density at radius 3 is 2.27 bits per heavy atom. The maximum atomic E-state index is 11.3. The summed E-state index contributed by atoms with van der Waals surface area (Å²) in [6.45, 7) is 1.60. The fourth-order valence-corrected chi connectivity index (χ4v) is 3.11. The van der Waals surface area contributed by atoms with Crippen LogP contribution in [0.2, 0.25) is 0 Å². The molecule has 2 aromatic carbocycles. The molecule has 0 amide bonds. The Morgan fingerprint density at radius 1 is 1.09 bits per heavy atom. The summed E-state index contributed by atoms with van der Waals surface area (Å²) in [4.78, 5) is 9.39. The molecule has 0 saturated heterocycles. The van der Waals surface area contributed by atoms with Gasteiger partial charge in [-0.25, -0.2) is 0 Å². The zero-order chi connectivity index (χ0) is 16.3. The van der Waals surface area contributed by atoms with E-state index in [0.717, 1.165) is 16.7 Å². The Labute approximate surface area is 129 Å². The van der Waals surface area contributed by atoms with Crippen molar-refractivity contribution < 1.29 is 22.9 Å². The maximum Gasteiger partial charge on any atom is 0.303 e. The van der Waals surface area contributed by atoms with Crippen LogP contribution in [0.15, 0.2) is 47.4 Å². The predicted octanol–water partition coefficient (Wildman–Crippen LogP) is 2.99. The van der Waals surface area contributed by atoms with E-state index in [9.17, 15) is 17.8 Å². The molecule has 0 radical (unpaired) electrons. The third-order valence-electron chi connectivity index (χ3n) is 3.39. The van der Waals surface area contributed by atoms with E-state index in [0.29, 0.717) is 12.0 Å². The molecule has 0 aromatic heterocycles. The van der Waals surface area contributed by atoms with Gasteiger partial charge in [-0.1, -0.05) is 43.3 Å². The molecule has 0 unspecified atom stereocenters. The number of hydrogen-bond donors (Lipinski definition) is 2. The molecule has 3 rings (SSSR count). The summed E-state index contributed by atoms with van der Waals surface area (Å²) < 4.78 is 31.8. The van der Waals surface area contributed by atoms with Crippen molar-refractivity contribution in [2.45, 2.75) is 24.7 Å². The fourth-order valence-electron chi connectivity index (χ4n) is 2.37. The lowest BCUT2D eigenvalue weighted by molar-refractivity contribution is -0.136. The number of hydrogen-bond acceptors (Lipinski definition) is 3. The van der Waals surface area contributed by atoms with Gasteiger partial charge in [-0.05, 0) is 28.3 Å². The van der Waals surface area contributed by atoms with Crippen molar-refractivity contribution >= 4 is 16.1 Å². The zero-order valence-corrected chi connectivity index (χ0v) is 12.8. The van der Waals surface area contributed by atoms with Gasteiger partial charge in [0.1, 0.15) is 0 Å². The van der Waals surface area contributed by atoms with Gasteiger partial charge in [0.2, 0.25) is 0 Å². The summed E-state index contributed by atoms with van der Waals surface area (Å²) in [5, 5.41) is 7.72. The maximum absolute atomic E-state index is 11.3. The largest absolute Gasteiger partial charge is 0.481 e. The van der Waals surface area contributed by atoms with Crippen LogP contribution in [-0.4, -0.2) is 24.0 Å². The van der Waals surface area contributed by atoms with Gasteiger partial charge in [-0.3, -0.25) is 9.35 Å². The minimum atomic E-state index is -4.15. The molecule has 0 aliphatic heterocycles. The Hall–Kier alpha value is -2.18. The van der Waals surface area contributed by atoms with Gasteiger partial charge >= 0.3 is 5.97 Å². The number of carboxylic acids is 1. The molecule has 116 valence electrons. The van der Waals surface area contributed by atoms with Crippen molar-refractivity contribution in [2.75, 3.05) is 0 Å². The van der Waals surface area contributed by atoms with Crippen LogP contribution < -0.4 is 0 Å². The normalized spacial score (nSPS) is 11.9. The molecule has 1 aliphatic carbocycles. The third-order valence-corrected chi connectivity index (χ3v) is 4.33. The van der Waals surface area contributed by atoms with Crippen LogP contribution in [0.25, 0.3) is 11.1 Å². The number of carbonyl (C=O) groups is 1.